The molecule has 1 unspecified atom stereocenters. The third-order valence-electron chi connectivity index (χ3n) is 3.41. The number of benzene rings is 1. The average Bonchev–Trinajstić information content (AvgIpc) is 2.37. The molecule has 2 heteroatoms. The van der Waals surface area contributed by atoms with E-state index in [0.717, 1.165) is 11.5 Å². The van der Waals surface area contributed by atoms with Crippen molar-refractivity contribution in [2.45, 2.75) is 32.1 Å². The van der Waals surface area contributed by atoms with Crippen molar-refractivity contribution in [2.75, 3.05) is 14.2 Å². The van der Waals surface area contributed by atoms with Gasteiger partial charge in [-0.2, -0.15) is 0 Å². The fourth-order valence-corrected chi connectivity index (χ4v) is 2.58. The van der Waals surface area contributed by atoms with Crippen LogP contribution in [0.15, 0.2) is 29.8 Å². The number of hydrogen-bond acceptors (Lipinski definition) is 2. The maximum absolute atomic E-state index is 5.47. The molecule has 0 aromatic heterocycles. The van der Waals surface area contributed by atoms with Crippen LogP contribution in [-0.2, 0) is 0 Å². The van der Waals surface area contributed by atoms with Gasteiger partial charge in [0, 0.05) is 11.5 Å². The summed E-state index contributed by atoms with van der Waals surface area (Å²) in [4.78, 5) is 0. The molecule has 1 aliphatic carbocycles. The van der Waals surface area contributed by atoms with Crippen LogP contribution in [0, 0.1) is 0 Å². The first-order valence-electron chi connectivity index (χ1n) is 6.14. The second kappa shape index (κ2) is 5.26. The molecule has 1 atom stereocenters. The fourth-order valence-electron chi connectivity index (χ4n) is 2.58. The molecule has 92 valence electrons. The van der Waals surface area contributed by atoms with Crippen molar-refractivity contribution in [3.63, 3.8) is 0 Å². The molecule has 0 spiro atoms. The van der Waals surface area contributed by atoms with Gasteiger partial charge in [-0.3, -0.25) is 0 Å². The summed E-state index contributed by atoms with van der Waals surface area (Å²) >= 11 is 0. The van der Waals surface area contributed by atoms with Gasteiger partial charge in [0.15, 0.2) is 0 Å². The van der Waals surface area contributed by atoms with E-state index in [2.05, 4.69) is 13.0 Å². The van der Waals surface area contributed by atoms with E-state index < -0.39 is 0 Å². The van der Waals surface area contributed by atoms with Crippen LogP contribution in [0.1, 0.15) is 37.7 Å². The van der Waals surface area contributed by atoms with Crippen LogP contribution in [0.2, 0.25) is 0 Å². The van der Waals surface area contributed by atoms with Crippen molar-refractivity contribution in [3.05, 3.63) is 35.4 Å². The van der Waals surface area contributed by atoms with Crippen LogP contribution in [0.3, 0.4) is 0 Å². The predicted octanol–water partition coefficient (Wildman–Crippen LogP) is 3.92. The van der Waals surface area contributed by atoms with Crippen LogP contribution in [0.5, 0.6) is 11.5 Å². The fraction of sp³-hybridized carbons (Fsp3) is 0.467. The number of methoxy groups -OCH3 is 2. The Morgan fingerprint density at radius 3 is 2.29 bits per heavy atom. The highest BCUT2D eigenvalue weighted by molar-refractivity contribution is 5.49. The standard InChI is InChI=1S/C15H20O2/c1-11-6-4-7-12(10-11)15-13(16-2)8-5-9-14(15)17-3/h5,8-10,12H,4,6-7H2,1-3H3. The first-order chi connectivity index (χ1) is 8.26. The van der Waals surface area contributed by atoms with Crippen molar-refractivity contribution in [3.8, 4) is 11.5 Å². The molecule has 0 radical (unpaired) electrons. The van der Waals surface area contributed by atoms with E-state index in [1.807, 2.05) is 18.2 Å². The van der Waals surface area contributed by atoms with Crippen molar-refractivity contribution in [2.24, 2.45) is 0 Å². The Labute approximate surface area is 103 Å². The summed E-state index contributed by atoms with van der Waals surface area (Å²) in [6, 6.07) is 5.99. The van der Waals surface area contributed by atoms with Crippen molar-refractivity contribution in [1.82, 2.24) is 0 Å². The van der Waals surface area contributed by atoms with Crippen molar-refractivity contribution >= 4 is 0 Å². The van der Waals surface area contributed by atoms with E-state index in [1.54, 1.807) is 14.2 Å². The lowest BCUT2D eigenvalue weighted by Crippen LogP contribution is -2.06. The lowest BCUT2D eigenvalue weighted by molar-refractivity contribution is 0.379. The molecular weight excluding hydrogens is 212 g/mol. The van der Waals surface area contributed by atoms with Gasteiger partial charge in [0.2, 0.25) is 0 Å². The van der Waals surface area contributed by atoms with E-state index in [4.69, 9.17) is 9.47 Å². The smallest absolute Gasteiger partial charge is 0.126 e. The number of ether oxygens (including phenoxy) is 2. The first kappa shape index (κ1) is 12.0. The second-order valence-electron chi connectivity index (χ2n) is 4.59. The molecule has 17 heavy (non-hydrogen) atoms. The molecule has 1 aromatic carbocycles. The van der Waals surface area contributed by atoms with Gasteiger partial charge in [0.1, 0.15) is 11.5 Å². The summed E-state index contributed by atoms with van der Waals surface area (Å²) in [5.74, 6) is 2.29. The summed E-state index contributed by atoms with van der Waals surface area (Å²) in [6.07, 6.45) is 5.99. The Morgan fingerprint density at radius 2 is 1.76 bits per heavy atom. The molecule has 0 amide bonds. The van der Waals surface area contributed by atoms with Gasteiger partial charge >= 0.3 is 0 Å². The second-order valence-corrected chi connectivity index (χ2v) is 4.59. The monoisotopic (exact) mass is 232 g/mol. The minimum Gasteiger partial charge on any atom is -0.496 e. The molecule has 0 saturated carbocycles. The van der Waals surface area contributed by atoms with Gasteiger partial charge in [0.25, 0.3) is 0 Å². The topological polar surface area (TPSA) is 18.5 Å². The Hall–Kier alpha value is -1.44. The first-order valence-corrected chi connectivity index (χ1v) is 6.14. The van der Waals surface area contributed by atoms with Crippen molar-refractivity contribution in [1.29, 1.82) is 0 Å². The highest BCUT2D eigenvalue weighted by Gasteiger charge is 2.21. The van der Waals surface area contributed by atoms with Gasteiger partial charge in [-0.25, -0.2) is 0 Å². The number of hydrogen-bond donors (Lipinski definition) is 0. The molecule has 0 heterocycles. The minimum absolute atomic E-state index is 0.426. The number of allylic oxidation sites excluding steroid dienone is 2. The van der Waals surface area contributed by atoms with Gasteiger partial charge in [0.05, 0.1) is 14.2 Å². The Morgan fingerprint density at radius 1 is 1.12 bits per heavy atom. The van der Waals surface area contributed by atoms with E-state index >= 15 is 0 Å². The van der Waals surface area contributed by atoms with E-state index in [1.165, 1.54) is 30.4 Å². The van der Waals surface area contributed by atoms with Crippen LogP contribution < -0.4 is 9.47 Å². The largest absolute Gasteiger partial charge is 0.496 e. The zero-order valence-electron chi connectivity index (χ0n) is 10.8. The number of rotatable bonds is 3. The van der Waals surface area contributed by atoms with Crippen LogP contribution in [-0.4, -0.2) is 14.2 Å². The molecule has 2 nitrogen and oxygen atoms in total. The third-order valence-corrected chi connectivity index (χ3v) is 3.41. The van der Waals surface area contributed by atoms with E-state index in [0.29, 0.717) is 5.92 Å². The zero-order valence-corrected chi connectivity index (χ0v) is 10.8. The van der Waals surface area contributed by atoms with Crippen LogP contribution >= 0.6 is 0 Å². The molecule has 0 bridgehead atoms. The Kier molecular flexibility index (Phi) is 3.72. The molecule has 0 fully saturated rings. The lowest BCUT2D eigenvalue weighted by Gasteiger charge is -2.23. The summed E-state index contributed by atoms with van der Waals surface area (Å²) in [6.45, 7) is 2.20. The summed E-state index contributed by atoms with van der Waals surface area (Å²) in [5.41, 5.74) is 2.66. The molecule has 0 saturated heterocycles. The molecule has 2 rings (SSSR count). The van der Waals surface area contributed by atoms with Gasteiger partial charge < -0.3 is 9.47 Å². The average molecular weight is 232 g/mol. The Bertz CT molecular complexity index is 399. The highest BCUT2D eigenvalue weighted by atomic mass is 16.5. The van der Waals surface area contributed by atoms with E-state index in [9.17, 15) is 0 Å². The molecule has 1 aromatic rings. The molecule has 0 aliphatic heterocycles. The molecule has 0 N–H and O–H groups in total. The maximum Gasteiger partial charge on any atom is 0.126 e. The van der Waals surface area contributed by atoms with Gasteiger partial charge in [-0.1, -0.05) is 17.7 Å². The van der Waals surface area contributed by atoms with Gasteiger partial charge in [-0.05, 0) is 38.3 Å². The van der Waals surface area contributed by atoms with Gasteiger partial charge in [-0.15, -0.1) is 0 Å². The lowest BCUT2D eigenvalue weighted by atomic mass is 9.85. The third kappa shape index (κ3) is 2.46. The highest BCUT2D eigenvalue weighted by Crippen LogP contribution is 2.41. The minimum atomic E-state index is 0.426. The van der Waals surface area contributed by atoms with Crippen molar-refractivity contribution < 1.29 is 9.47 Å². The summed E-state index contributed by atoms with van der Waals surface area (Å²) in [7, 11) is 3.44. The molecular formula is C15H20O2. The van der Waals surface area contributed by atoms with E-state index in [-0.39, 0.29) is 0 Å². The zero-order chi connectivity index (χ0) is 12.3. The maximum atomic E-state index is 5.47. The Balaban J connectivity index is 2.45. The summed E-state index contributed by atoms with van der Waals surface area (Å²) < 4.78 is 10.9. The van der Waals surface area contributed by atoms with Crippen LogP contribution in [0.4, 0.5) is 0 Å². The SMILES string of the molecule is COc1cccc(OC)c1C1C=C(C)CCC1. The molecule has 1 aliphatic rings. The normalized spacial score (nSPS) is 19.7. The predicted molar refractivity (Wildman–Crippen MR) is 69.9 cm³/mol. The van der Waals surface area contributed by atoms with Crippen LogP contribution in [0.25, 0.3) is 0 Å². The summed E-state index contributed by atoms with van der Waals surface area (Å²) in [5, 5.41) is 0. The quantitative estimate of drug-likeness (QED) is 0.735.